The number of nitrogens with zero attached hydrogens (tertiary/aromatic N) is 4. The monoisotopic (exact) mass is 276 g/mol. The lowest BCUT2D eigenvalue weighted by atomic mass is 10.5. The third-order valence-corrected chi connectivity index (χ3v) is 4.08. The Hall–Kier alpha value is -0.860. The molecule has 0 fully saturated rings. The molecule has 0 aliphatic rings. The molecule has 17 heavy (non-hydrogen) atoms. The second kappa shape index (κ2) is 6.77. The molecule has 0 saturated carbocycles. The number of anilines is 1. The Balaban J connectivity index is 2.46. The Bertz CT molecular complexity index is 370. The van der Waals surface area contributed by atoms with E-state index >= 15 is 0 Å². The molecule has 0 aliphatic heterocycles. The maximum Gasteiger partial charge on any atom is 0.313 e. The fourth-order valence-electron chi connectivity index (χ4n) is 0.984. The standard InChI is InChI=1S/C9H16N4O2S2/c1-12(2)4-5-13(3)8-10-11-9(17-8)16-6-7(14)15/h4-6H2,1-3H3,(H,14,15). The molecule has 0 amide bonds. The molecule has 1 aromatic heterocycles. The molecule has 8 heteroatoms. The maximum absolute atomic E-state index is 10.4. The van der Waals surface area contributed by atoms with Gasteiger partial charge in [0.15, 0.2) is 4.34 Å². The van der Waals surface area contributed by atoms with Crippen molar-refractivity contribution in [2.75, 3.05) is 44.9 Å². The van der Waals surface area contributed by atoms with Crippen molar-refractivity contribution in [3.63, 3.8) is 0 Å². The summed E-state index contributed by atoms with van der Waals surface area (Å²) in [4.78, 5) is 14.5. The lowest BCUT2D eigenvalue weighted by molar-refractivity contribution is -0.133. The van der Waals surface area contributed by atoms with Gasteiger partial charge in [-0.2, -0.15) is 0 Å². The molecule has 1 N–H and O–H groups in total. The second-order valence-electron chi connectivity index (χ2n) is 3.76. The van der Waals surface area contributed by atoms with Crippen LogP contribution in [0.25, 0.3) is 0 Å². The van der Waals surface area contributed by atoms with E-state index in [0.717, 1.165) is 18.2 Å². The number of hydrogen-bond acceptors (Lipinski definition) is 7. The molecule has 0 aromatic carbocycles. The first kappa shape index (κ1) is 14.2. The van der Waals surface area contributed by atoms with Crippen molar-refractivity contribution in [1.82, 2.24) is 15.1 Å². The van der Waals surface area contributed by atoms with Crippen molar-refractivity contribution in [1.29, 1.82) is 0 Å². The van der Waals surface area contributed by atoms with Crippen molar-refractivity contribution in [2.24, 2.45) is 0 Å². The summed E-state index contributed by atoms with van der Waals surface area (Å²) >= 11 is 2.62. The summed E-state index contributed by atoms with van der Waals surface area (Å²) in [6, 6.07) is 0. The van der Waals surface area contributed by atoms with E-state index < -0.39 is 5.97 Å². The highest BCUT2D eigenvalue weighted by Gasteiger charge is 2.10. The van der Waals surface area contributed by atoms with E-state index in [0.29, 0.717) is 4.34 Å². The first-order valence-corrected chi connectivity index (χ1v) is 6.83. The third-order valence-electron chi connectivity index (χ3n) is 1.92. The fourth-order valence-corrected chi connectivity index (χ4v) is 2.53. The van der Waals surface area contributed by atoms with Gasteiger partial charge in [0.1, 0.15) is 0 Å². The molecular weight excluding hydrogens is 260 g/mol. The Morgan fingerprint density at radius 2 is 2.06 bits per heavy atom. The molecule has 0 spiro atoms. The largest absolute Gasteiger partial charge is 0.481 e. The number of carboxylic acid groups (broad SMARTS) is 1. The molecule has 1 aromatic rings. The molecule has 0 atom stereocenters. The number of thioether (sulfide) groups is 1. The molecule has 1 heterocycles. The van der Waals surface area contributed by atoms with Gasteiger partial charge in [-0.05, 0) is 14.1 Å². The van der Waals surface area contributed by atoms with Crippen LogP contribution < -0.4 is 4.90 Å². The summed E-state index contributed by atoms with van der Waals surface area (Å²) in [6.07, 6.45) is 0. The van der Waals surface area contributed by atoms with Gasteiger partial charge >= 0.3 is 5.97 Å². The minimum Gasteiger partial charge on any atom is -0.481 e. The Kier molecular flexibility index (Phi) is 5.66. The van der Waals surface area contributed by atoms with Gasteiger partial charge in [-0.15, -0.1) is 10.2 Å². The summed E-state index contributed by atoms with van der Waals surface area (Å²) in [5.41, 5.74) is 0. The van der Waals surface area contributed by atoms with E-state index in [4.69, 9.17) is 5.11 Å². The Morgan fingerprint density at radius 3 is 2.65 bits per heavy atom. The van der Waals surface area contributed by atoms with E-state index in [-0.39, 0.29) is 5.75 Å². The first-order chi connectivity index (χ1) is 7.99. The molecule has 0 saturated heterocycles. The van der Waals surface area contributed by atoms with E-state index in [2.05, 4.69) is 15.1 Å². The summed E-state index contributed by atoms with van der Waals surface area (Å²) in [5.74, 6) is -0.816. The van der Waals surface area contributed by atoms with Crippen LogP contribution in [0.5, 0.6) is 0 Å². The van der Waals surface area contributed by atoms with Crippen LogP contribution in [-0.2, 0) is 4.79 Å². The number of carbonyl (C=O) groups is 1. The van der Waals surface area contributed by atoms with E-state index in [1.807, 2.05) is 26.0 Å². The fraction of sp³-hybridized carbons (Fsp3) is 0.667. The number of aromatic nitrogens is 2. The molecule has 6 nitrogen and oxygen atoms in total. The SMILES string of the molecule is CN(C)CCN(C)c1nnc(SCC(=O)O)s1. The topological polar surface area (TPSA) is 69.6 Å². The van der Waals surface area contributed by atoms with Gasteiger partial charge in [0.2, 0.25) is 5.13 Å². The first-order valence-electron chi connectivity index (χ1n) is 5.03. The molecule has 0 bridgehead atoms. The maximum atomic E-state index is 10.4. The summed E-state index contributed by atoms with van der Waals surface area (Å²) < 4.78 is 0.694. The average Bonchev–Trinajstić information content (AvgIpc) is 2.71. The lowest BCUT2D eigenvalue weighted by Gasteiger charge is -2.17. The van der Waals surface area contributed by atoms with E-state index in [9.17, 15) is 4.79 Å². The quantitative estimate of drug-likeness (QED) is 0.736. The van der Waals surface area contributed by atoms with Gasteiger partial charge < -0.3 is 14.9 Å². The van der Waals surface area contributed by atoms with Crippen molar-refractivity contribution in [2.45, 2.75) is 4.34 Å². The number of aliphatic carboxylic acids is 1. The predicted octanol–water partition coefficient (Wildman–Crippen LogP) is 0.713. The zero-order valence-electron chi connectivity index (χ0n) is 10.1. The van der Waals surface area contributed by atoms with Crippen LogP contribution in [0.15, 0.2) is 4.34 Å². The summed E-state index contributed by atoms with van der Waals surface area (Å²) in [6.45, 7) is 1.80. The molecule has 0 aliphatic carbocycles. The number of carboxylic acids is 1. The van der Waals surface area contributed by atoms with Gasteiger partial charge in [-0.25, -0.2) is 0 Å². The van der Waals surface area contributed by atoms with Gasteiger partial charge in [0.25, 0.3) is 0 Å². The highest BCUT2D eigenvalue weighted by Crippen LogP contribution is 2.26. The summed E-state index contributed by atoms with van der Waals surface area (Å²) in [7, 11) is 5.99. The normalized spacial score (nSPS) is 10.8. The highest BCUT2D eigenvalue weighted by atomic mass is 32.2. The van der Waals surface area contributed by atoms with Crippen LogP contribution in [0.3, 0.4) is 0 Å². The zero-order chi connectivity index (χ0) is 12.8. The average molecular weight is 276 g/mol. The third kappa shape index (κ3) is 5.33. The zero-order valence-corrected chi connectivity index (χ0v) is 11.7. The number of likely N-dealkylation sites (N-methyl/N-ethyl adjacent to an activating group) is 2. The second-order valence-corrected chi connectivity index (χ2v) is 5.94. The number of hydrogen-bond donors (Lipinski definition) is 1. The number of rotatable bonds is 7. The lowest BCUT2D eigenvalue weighted by Crippen LogP contribution is -2.28. The van der Waals surface area contributed by atoms with Crippen LogP contribution in [0, 0.1) is 0 Å². The predicted molar refractivity (Wildman–Crippen MR) is 70.1 cm³/mol. The Morgan fingerprint density at radius 1 is 1.35 bits per heavy atom. The van der Waals surface area contributed by atoms with Crippen molar-refractivity contribution in [3.05, 3.63) is 0 Å². The van der Waals surface area contributed by atoms with Crippen molar-refractivity contribution < 1.29 is 9.90 Å². The molecule has 96 valence electrons. The smallest absolute Gasteiger partial charge is 0.313 e. The molecule has 1 rings (SSSR count). The van der Waals surface area contributed by atoms with Crippen LogP contribution in [0.2, 0.25) is 0 Å². The summed E-state index contributed by atoms with van der Waals surface area (Å²) in [5, 5.41) is 17.4. The van der Waals surface area contributed by atoms with Crippen LogP contribution in [-0.4, -0.2) is 66.2 Å². The van der Waals surface area contributed by atoms with Crippen LogP contribution >= 0.6 is 23.1 Å². The van der Waals surface area contributed by atoms with Crippen LogP contribution in [0.4, 0.5) is 5.13 Å². The van der Waals surface area contributed by atoms with Crippen LogP contribution in [0.1, 0.15) is 0 Å². The van der Waals surface area contributed by atoms with Crippen molar-refractivity contribution >= 4 is 34.2 Å². The highest BCUT2D eigenvalue weighted by molar-refractivity contribution is 8.01. The Labute approximate surface area is 109 Å². The van der Waals surface area contributed by atoms with Gasteiger partial charge in [-0.1, -0.05) is 23.1 Å². The minimum atomic E-state index is -0.840. The molecular formula is C9H16N4O2S2. The molecule has 0 unspecified atom stereocenters. The van der Waals surface area contributed by atoms with Crippen molar-refractivity contribution in [3.8, 4) is 0 Å². The minimum absolute atomic E-state index is 0.0239. The van der Waals surface area contributed by atoms with E-state index in [1.54, 1.807) is 0 Å². The van der Waals surface area contributed by atoms with Gasteiger partial charge in [0, 0.05) is 20.1 Å². The molecule has 0 radical (unpaired) electrons. The van der Waals surface area contributed by atoms with E-state index in [1.165, 1.54) is 23.1 Å². The van der Waals surface area contributed by atoms with Gasteiger partial charge in [-0.3, -0.25) is 4.79 Å². The van der Waals surface area contributed by atoms with Gasteiger partial charge in [0.05, 0.1) is 5.75 Å².